The normalized spacial score (nSPS) is 32.1. The van der Waals surface area contributed by atoms with Gasteiger partial charge in [0.05, 0.1) is 0 Å². The largest absolute Gasteiger partial charge is 0.491 e. The summed E-state index contributed by atoms with van der Waals surface area (Å²) in [6, 6.07) is 3.03. The molecule has 4 nitrogen and oxygen atoms in total. The van der Waals surface area contributed by atoms with E-state index in [0.717, 1.165) is 42.4 Å². The number of carbonyl (C=O) groups excluding carboxylic acids is 2. The lowest BCUT2D eigenvalue weighted by Crippen LogP contribution is -2.44. The van der Waals surface area contributed by atoms with Gasteiger partial charge in [-0.2, -0.15) is 13.2 Å². The van der Waals surface area contributed by atoms with Crippen molar-refractivity contribution in [3.8, 4) is 5.75 Å². The van der Waals surface area contributed by atoms with Crippen molar-refractivity contribution < 1.29 is 32.2 Å². The molecule has 2 saturated carbocycles. The van der Waals surface area contributed by atoms with Crippen LogP contribution in [0.2, 0.25) is 0 Å². The maximum Gasteiger partial charge on any atom is 0.491 e. The van der Waals surface area contributed by atoms with Crippen LogP contribution in [0.25, 0.3) is 6.08 Å². The number of carbonyl (C=O) groups is 2. The molecule has 2 fully saturated rings. The number of benzene rings is 1. The predicted molar refractivity (Wildman–Crippen MR) is 104 cm³/mol. The number of hydrogen-bond acceptors (Lipinski definition) is 4. The van der Waals surface area contributed by atoms with Gasteiger partial charge in [-0.3, -0.25) is 4.79 Å². The van der Waals surface area contributed by atoms with Gasteiger partial charge in [-0.25, -0.2) is 4.79 Å². The fourth-order valence-corrected chi connectivity index (χ4v) is 6.02. The van der Waals surface area contributed by atoms with Crippen LogP contribution < -0.4 is 4.74 Å². The highest BCUT2D eigenvalue weighted by atomic mass is 19.4. The average Bonchev–Trinajstić information content (AvgIpc) is 2.96. The third-order valence-corrected chi connectivity index (χ3v) is 7.26. The van der Waals surface area contributed by atoms with Crippen LogP contribution in [0.15, 0.2) is 18.2 Å². The first-order valence-electron chi connectivity index (χ1n) is 10.3. The van der Waals surface area contributed by atoms with Gasteiger partial charge in [-0.15, -0.1) is 0 Å². The zero-order valence-corrected chi connectivity index (χ0v) is 17.2. The van der Waals surface area contributed by atoms with E-state index in [1.54, 1.807) is 0 Å². The molecule has 5 atom stereocenters. The first-order valence-corrected chi connectivity index (χ1v) is 10.3. The van der Waals surface area contributed by atoms with E-state index in [4.69, 9.17) is 4.74 Å². The number of alkyl halides is 3. The van der Waals surface area contributed by atoms with E-state index in [2.05, 4.69) is 17.7 Å². The molecule has 0 spiro atoms. The molecule has 4 rings (SSSR count). The molecule has 0 amide bonds. The van der Waals surface area contributed by atoms with Crippen LogP contribution in [0, 0.1) is 24.2 Å². The van der Waals surface area contributed by atoms with Gasteiger partial charge < -0.3 is 9.47 Å². The Morgan fingerprint density at radius 2 is 1.90 bits per heavy atom. The summed E-state index contributed by atoms with van der Waals surface area (Å²) in [5, 5.41) is 0. The maximum absolute atomic E-state index is 12.5. The number of fused-ring (bicyclic) bond motifs is 5. The second-order valence-corrected chi connectivity index (χ2v) is 9.00. The van der Waals surface area contributed by atoms with Crippen LogP contribution in [0.1, 0.15) is 62.1 Å². The van der Waals surface area contributed by atoms with Gasteiger partial charge in [-0.05, 0) is 79.2 Å². The highest BCUT2D eigenvalue weighted by molar-refractivity contribution is 5.78. The van der Waals surface area contributed by atoms with Crippen molar-refractivity contribution in [2.24, 2.45) is 17.3 Å². The highest BCUT2D eigenvalue weighted by Gasteiger charge is 2.55. The van der Waals surface area contributed by atoms with E-state index in [9.17, 15) is 22.8 Å². The molecule has 0 bridgehead atoms. The van der Waals surface area contributed by atoms with Crippen LogP contribution >= 0.6 is 0 Å². The van der Waals surface area contributed by atoms with E-state index in [0.29, 0.717) is 11.8 Å². The van der Waals surface area contributed by atoms with Gasteiger partial charge in [0.2, 0.25) is 0 Å². The molecule has 0 heterocycles. The Balaban J connectivity index is 1.62. The van der Waals surface area contributed by atoms with Crippen LogP contribution in [-0.4, -0.2) is 24.2 Å². The van der Waals surface area contributed by atoms with Crippen LogP contribution in [0.5, 0.6) is 5.75 Å². The molecule has 162 valence electrons. The maximum atomic E-state index is 12.5. The Morgan fingerprint density at radius 3 is 2.57 bits per heavy atom. The van der Waals surface area contributed by atoms with Crippen molar-refractivity contribution in [3.05, 3.63) is 34.9 Å². The molecule has 30 heavy (non-hydrogen) atoms. The Labute approximate surface area is 173 Å². The van der Waals surface area contributed by atoms with E-state index >= 15 is 0 Å². The summed E-state index contributed by atoms with van der Waals surface area (Å²) in [5.41, 5.74) is 2.69. The van der Waals surface area contributed by atoms with Crippen molar-refractivity contribution in [1.82, 2.24) is 0 Å². The molecule has 0 saturated heterocycles. The zero-order chi connectivity index (χ0) is 21.8. The van der Waals surface area contributed by atoms with E-state index < -0.39 is 12.1 Å². The van der Waals surface area contributed by atoms with Crippen LogP contribution in [0.4, 0.5) is 13.2 Å². The summed E-state index contributed by atoms with van der Waals surface area (Å²) in [4.78, 5) is 22.7. The van der Waals surface area contributed by atoms with Crippen molar-refractivity contribution >= 4 is 18.0 Å². The summed E-state index contributed by atoms with van der Waals surface area (Å²) in [6.07, 6.45) is 2.65. The third kappa shape index (κ3) is 3.42. The lowest BCUT2D eigenvalue weighted by atomic mass is 9.56. The standard InChI is InChI=1S/C23H25F3O4/c1-12-10-15(30-21(28)23(24,25)26)11-14-4-5-16-17(20(12)14)8-9-22(3)18(16)6-7-19(22)29-13(2)27/h4-5,10-11,16-19H,6-9H2,1-3H3. The molecule has 0 radical (unpaired) electrons. The van der Waals surface area contributed by atoms with Gasteiger partial charge in [0.1, 0.15) is 11.9 Å². The predicted octanol–water partition coefficient (Wildman–Crippen LogP) is 5.33. The van der Waals surface area contributed by atoms with Crippen LogP contribution in [-0.2, 0) is 14.3 Å². The number of allylic oxidation sites excluding steroid dienone is 1. The zero-order valence-electron chi connectivity index (χ0n) is 17.2. The van der Waals surface area contributed by atoms with E-state index in [1.807, 2.05) is 13.0 Å². The first-order chi connectivity index (χ1) is 14.0. The molecule has 5 unspecified atom stereocenters. The average molecular weight is 422 g/mol. The Hall–Kier alpha value is -2.31. The molecule has 1 aromatic rings. The Kier molecular flexibility index (Phi) is 4.98. The number of aryl methyl sites for hydroxylation is 1. The van der Waals surface area contributed by atoms with Crippen LogP contribution in [0.3, 0.4) is 0 Å². The lowest BCUT2D eigenvalue weighted by molar-refractivity contribution is -0.189. The summed E-state index contributed by atoms with van der Waals surface area (Å²) >= 11 is 0. The fourth-order valence-electron chi connectivity index (χ4n) is 6.02. The second kappa shape index (κ2) is 7.13. The smallest absolute Gasteiger partial charge is 0.462 e. The molecular weight excluding hydrogens is 397 g/mol. The minimum absolute atomic E-state index is 0.0647. The van der Waals surface area contributed by atoms with E-state index in [1.165, 1.54) is 19.1 Å². The first kappa shape index (κ1) is 20.9. The minimum atomic E-state index is -5.03. The molecule has 3 aliphatic rings. The minimum Gasteiger partial charge on any atom is -0.462 e. The van der Waals surface area contributed by atoms with E-state index in [-0.39, 0.29) is 29.2 Å². The van der Waals surface area contributed by atoms with Crippen molar-refractivity contribution in [2.75, 3.05) is 0 Å². The number of esters is 2. The molecule has 0 N–H and O–H groups in total. The Bertz CT molecular complexity index is 920. The molecule has 0 aromatic heterocycles. The molecule has 1 aromatic carbocycles. The molecule has 7 heteroatoms. The van der Waals surface area contributed by atoms with Gasteiger partial charge in [-0.1, -0.05) is 19.1 Å². The fraction of sp³-hybridized carbons (Fsp3) is 0.565. The van der Waals surface area contributed by atoms with Crippen molar-refractivity contribution in [2.45, 2.75) is 64.7 Å². The Morgan fingerprint density at radius 1 is 1.17 bits per heavy atom. The molecular formula is C23H25F3O4. The van der Waals surface area contributed by atoms with Gasteiger partial charge in [0.25, 0.3) is 0 Å². The monoisotopic (exact) mass is 422 g/mol. The number of hydrogen-bond donors (Lipinski definition) is 0. The lowest BCUT2D eigenvalue weighted by Gasteiger charge is -2.49. The molecule has 0 aliphatic heterocycles. The topological polar surface area (TPSA) is 52.6 Å². The van der Waals surface area contributed by atoms with Gasteiger partial charge >= 0.3 is 18.1 Å². The summed E-state index contributed by atoms with van der Waals surface area (Å²) in [7, 11) is 0. The second-order valence-electron chi connectivity index (χ2n) is 9.00. The number of ether oxygens (including phenoxy) is 2. The summed E-state index contributed by atoms with van der Waals surface area (Å²) in [6.45, 7) is 5.51. The summed E-state index contributed by atoms with van der Waals surface area (Å²) < 4.78 is 47.8. The quantitative estimate of drug-likeness (QED) is 0.477. The summed E-state index contributed by atoms with van der Waals surface area (Å²) in [5.74, 6) is -1.62. The van der Waals surface area contributed by atoms with Crippen molar-refractivity contribution in [3.63, 3.8) is 0 Å². The highest BCUT2D eigenvalue weighted by Crippen LogP contribution is 2.61. The SMILES string of the molecule is CC(=O)OC1CCC2C3C=Cc4cc(OC(=O)C(F)(F)F)cc(C)c4C3CCC12C. The van der Waals surface area contributed by atoms with Crippen molar-refractivity contribution in [1.29, 1.82) is 0 Å². The number of halogens is 3. The third-order valence-electron chi connectivity index (χ3n) is 7.26. The van der Waals surface area contributed by atoms with Gasteiger partial charge in [0, 0.05) is 12.3 Å². The number of rotatable bonds is 2. The van der Waals surface area contributed by atoms with Gasteiger partial charge in [0.15, 0.2) is 0 Å². The molecule has 3 aliphatic carbocycles.